The molecule has 1 unspecified atom stereocenters. The van der Waals surface area contributed by atoms with Gasteiger partial charge in [-0.05, 0) is 107 Å². The van der Waals surface area contributed by atoms with E-state index in [1.54, 1.807) is 38.1 Å². The monoisotopic (exact) mass is 808 g/mol. The summed E-state index contributed by atoms with van der Waals surface area (Å²) in [5.41, 5.74) is 6.62. The average Bonchev–Trinajstić information content (AvgIpc) is 3.45. The van der Waals surface area contributed by atoms with Crippen molar-refractivity contribution in [1.82, 2.24) is 0 Å². The highest BCUT2D eigenvalue weighted by Gasteiger charge is 2.50. The third kappa shape index (κ3) is 6.65. The van der Waals surface area contributed by atoms with Crippen molar-refractivity contribution in [3.05, 3.63) is 148 Å². The lowest BCUT2D eigenvalue weighted by Gasteiger charge is -2.38. The van der Waals surface area contributed by atoms with E-state index in [4.69, 9.17) is 19.9 Å². The van der Waals surface area contributed by atoms with Gasteiger partial charge >= 0.3 is 12.4 Å². The number of ether oxygens (including phenoxy) is 3. The molecule has 1 heterocycles. The molecule has 0 amide bonds. The largest absolute Gasteiger partial charge is 0.496 e. The molecule has 304 valence electrons. The van der Waals surface area contributed by atoms with Crippen LogP contribution in [0.15, 0.2) is 103 Å². The molecule has 0 saturated heterocycles. The number of nitrogens with one attached hydrogen (secondary N) is 1. The molecule has 0 radical (unpaired) electrons. The molecule has 0 spiro atoms. The SMILES string of the molecule is CCOCCNc1ccc(C2(c3ccccc3)C=Cc3c4c(c5cc(-c6ccc(N)cc6C)c(OC)cc5c3O2)-c2cc(C(F)(F)F)cc(C(F)(F)F)c2C4(C)C)cc1. The number of nitrogens with two attached hydrogens (primary N) is 1. The minimum atomic E-state index is -5.09. The quantitative estimate of drug-likeness (QED) is 0.0865. The maximum absolute atomic E-state index is 15.1. The van der Waals surface area contributed by atoms with E-state index < -0.39 is 34.5 Å². The van der Waals surface area contributed by atoms with Crippen LogP contribution in [0.4, 0.5) is 37.7 Å². The van der Waals surface area contributed by atoms with Gasteiger partial charge in [0.05, 0.1) is 24.8 Å². The van der Waals surface area contributed by atoms with Crippen LogP contribution >= 0.6 is 0 Å². The summed E-state index contributed by atoms with van der Waals surface area (Å²) in [7, 11) is 1.51. The van der Waals surface area contributed by atoms with Crippen LogP contribution in [0.2, 0.25) is 0 Å². The van der Waals surface area contributed by atoms with E-state index in [9.17, 15) is 13.2 Å². The van der Waals surface area contributed by atoms with Crippen molar-refractivity contribution in [1.29, 1.82) is 0 Å². The van der Waals surface area contributed by atoms with Crippen LogP contribution in [0.3, 0.4) is 0 Å². The van der Waals surface area contributed by atoms with Gasteiger partial charge in [-0.3, -0.25) is 0 Å². The number of aryl methyl sites for hydroxylation is 1. The van der Waals surface area contributed by atoms with Gasteiger partial charge < -0.3 is 25.3 Å². The smallest absolute Gasteiger partial charge is 0.416 e. The Hall–Kier alpha value is -5.94. The fourth-order valence-electron chi connectivity index (χ4n) is 8.90. The molecule has 6 aromatic rings. The Morgan fingerprint density at radius 1 is 0.763 bits per heavy atom. The molecular weight excluding hydrogens is 767 g/mol. The van der Waals surface area contributed by atoms with Crippen LogP contribution in [0, 0.1) is 6.92 Å². The molecule has 2 aliphatic rings. The van der Waals surface area contributed by atoms with Gasteiger partial charge in [0.2, 0.25) is 0 Å². The molecule has 1 atom stereocenters. The highest BCUT2D eigenvalue weighted by atomic mass is 19.4. The lowest BCUT2D eigenvalue weighted by atomic mass is 9.75. The van der Waals surface area contributed by atoms with Gasteiger partial charge in [0.1, 0.15) is 11.5 Å². The molecular formula is C48H42F6N2O3. The van der Waals surface area contributed by atoms with Crippen LogP contribution in [0.1, 0.15) is 65.3 Å². The van der Waals surface area contributed by atoms with Gasteiger partial charge in [0.15, 0.2) is 5.60 Å². The van der Waals surface area contributed by atoms with Gasteiger partial charge in [-0.15, -0.1) is 0 Å². The summed E-state index contributed by atoms with van der Waals surface area (Å²) < 4.78 is 108. The molecule has 5 nitrogen and oxygen atoms in total. The van der Waals surface area contributed by atoms with Gasteiger partial charge in [-0.2, -0.15) is 26.3 Å². The van der Waals surface area contributed by atoms with E-state index in [2.05, 4.69) is 5.32 Å². The molecule has 3 N–H and O–H groups in total. The third-order valence-electron chi connectivity index (χ3n) is 11.5. The second-order valence-corrected chi connectivity index (χ2v) is 15.5. The topological polar surface area (TPSA) is 65.7 Å². The fourth-order valence-corrected chi connectivity index (χ4v) is 8.90. The number of anilines is 2. The molecule has 11 heteroatoms. The summed E-state index contributed by atoms with van der Waals surface area (Å²) in [4.78, 5) is 0. The summed E-state index contributed by atoms with van der Waals surface area (Å²) in [5.74, 6) is 0.782. The van der Waals surface area contributed by atoms with Crippen molar-refractivity contribution >= 4 is 28.2 Å². The number of nitrogen functional groups attached to an aromatic ring is 1. The maximum atomic E-state index is 15.1. The van der Waals surface area contributed by atoms with Crippen LogP contribution in [0.5, 0.6) is 11.5 Å². The van der Waals surface area contributed by atoms with Crippen LogP contribution in [-0.4, -0.2) is 26.9 Å². The number of hydrogen-bond acceptors (Lipinski definition) is 5. The Morgan fingerprint density at radius 3 is 2.12 bits per heavy atom. The van der Waals surface area contributed by atoms with E-state index in [0.717, 1.165) is 34.0 Å². The highest BCUT2D eigenvalue weighted by Crippen LogP contribution is 2.61. The van der Waals surface area contributed by atoms with E-state index in [0.29, 0.717) is 64.4 Å². The van der Waals surface area contributed by atoms with E-state index in [1.165, 1.54) is 7.11 Å². The normalized spacial score (nSPS) is 16.7. The number of fused-ring (bicyclic) bond motifs is 8. The Morgan fingerprint density at radius 2 is 1.47 bits per heavy atom. The summed E-state index contributed by atoms with van der Waals surface area (Å²) in [6.45, 7) is 8.82. The Labute approximate surface area is 338 Å². The third-order valence-corrected chi connectivity index (χ3v) is 11.5. The molecule has 0 saturated carbocycles. The zero-order chi connectivity index (χ0) is 42.1. The van der Waals surface area contributed by atoms with Crippen LogP contribution in [0.25, 0.3) is 39.1 Å². The van der Waals surface area contributed by atoms with Crippen LogP contribution < -0.4 is 20.5 Å². The number of halogens is 6. The van der Waals surface area contributed by atoms with Crippen molar-refractivity contribution in [2.75, 3.05) is 37.9 Å². The first-order chi connectivity index (χ1) is 28.0. The minimum Gasteiger partial charge on any atom is -0.496 e. The number of rotatable bonds is 9. The summed E-state index contributed by atoms with van der Waals surface area (Å²) in [5, 5.41) is 4.23. The van der Waals surface area contributed by atoms with E-state index >= 15 is 13.2 Å². The minimum absolute atomic E-state index is 0.134. The van der Waals surface area contributed by atoms with Crippen molar-refractivity contribution in [2.45, 2.75) is 51.1 Å². The fraction of sp³-hybridized carbons (Fsp3) is 0.250. The van der Waals surface area contributed by atoms with Crippen molar-refractivity contribution in [3.8, 4) is 33.8 Å². The molecule has 6 aromatic carbocycles. The predicted octanol–water partition coefficient (Wildman–Crippen LogP) is 12.5. The first-order valence-corrected chi connectivity index (χ1v) is 19.3. The van der Waals surface area contributed by atoms with E-state index in [-0.39, 0.29) is 22.8 Å². The first kappa shape index (κ1) is 39.9. The van der Waals surface area contributed by atoms with E-state index in [1.807, 2.05) is 86.7 Å². The Balaban J connectivity index is 1.46. The van der Waals surface area contributed by atoms with Gasteiger partial charge in [-0.25, -0.2) is 0 Å². The second-order valence-electron chi connectivity index (χ2n) is 15.5. The number of benzene rings is 6. The summed E-state index contributed by atoms with van der Waals surface area (Å²) in [6, 6.07) is 27.4. The molecule has 0 aromatic heterocycles. The molecule has 59 heavy (non-hydrogen) atoms. The number of alkyl halides is 6. The summed E-state index contributed by atoms with van der Waals surface area (Å²) in [6.07, 6.45) is -6.42. The Kier molecular flexibility index (Phi) is 9.74. The molecule has 0 bridgehead atoms. The van der Waals surface area contributed by atoms with Crippen LogP contribution in [-0.2, 0) is 28.1 Å². The zero-order valence-corrected chi connectivity index (χ0v) is 33.1. The summed E-state index contributed by atoms with van der Waals surface area (Å²) >= 11 is 0. The number of hydrogen-bond donors (Lipinski definition) is 2. The lowest BCUT2D eigenvalue weighted by Crippen LogP contribution is -2.35. The molecule has 0 fully saturated rings. The van der Waals surface area contributed by atoms with Gasteiger partial charge in [0, 0.05) is 57.6 Å². The molecule has 1 aliphatic carbocycles. The van der Waals surface area contributed by atoms with Crippen molar-refractivity contribution < 1.29 is 40.6 Å². The van der Waals surface area contributed by atoms with Crippen molar-refractivity contribution in [2.24, 2.45) is 0 Å². The standard InChI is InChI=1S/C48H42F6N2O3/c1-6-58-21-20-56-32-15-12-29(13-16-32)46(28-10-8-7-9-11-28)19-18-34-43-41(38-23-30(47(49,50)51)24-39(48(52,53)54)42(38)45(43,3)4)36-25-35(33-17-14-31(55)22-27(33)2)40(57-5)26-37(36)44(34)59-46/h7-19,22-26,56H,6,20-21,55H2,1-5H3. The second kappa shape index (κ2) is 14.4. The van der Waals surface area contributed by atoms with Crippen molar-refractivity contribution in [3.63, 3.8) is 0 Å². The number of methoxy groups -OCH3 is 1. The average molecular weight is 809 g/mol. The predicted molar refractivity (Wildman–Crippen MR) is 221 cm³/mol. The first-order valence-electron chi connectivity index (χ1n) is 19.3. The highest BCUT2D eigenvalue weighted by molar-refractivity contribution is 6.11. The Bertz CT molecular complexity index is 2630. The van der Waals surface area contributed by atoms with Gasteiger partial charge in [0.25, 0.3) is 0 Å². The molecule has 1 aliphatic heterocycles. The zero-order valence-electron chi connectivity index (χ0n) is 33.1. The van der Waals surface area contributed by atoms with Gasteiger partial charge in [-0.1, -0.05) is 68.5 Å². The lowest BCUT2D eigenvalue weighted by molar-refractivity contribution is -0.143. The maximum Gasteiger partial charge on any atom is 0.416 e. The molecule has 8 rings (SSSR count).